The first-order valence-electron chi connectivity index (χ1n) is 9.97. The van der Waals surface area contributed by atoms with Gasteiger partial charge in [0.2, 0.25) is 15.9 Å². The van der Waals surface area contributed by atoms with Crippen LogP contribution in [0.1, 0.15) is 12.3 Å². The van der Waals surface area contributed by atoms with Gasteiger partial charge in [-0.25, -0.2) is 17.8 Å². The van der Waals surface area contributed by atoms with Gasteiger partial charge in [0.05, 0.1) is 11.1 Å². The molecule has 1 aromatic heterocycles. The number of sulfonamides is 1. The second-order valence-corrected chi connectivity index (χ2v) is 9.16. The number of hydrogen-bond donors (Lipinski definition) is 0. The summed E-state index contributed by atoms with van der Waals surface area (Å²) in [5.74, 6) is 0.456. The Bertz CT molecular complexity index is 1160. The topological polar surface area (TPSA) is 83.7 Å². The van der Waals surface area contributed by atoms with Gasteiger partial charge in [0.1, 0.15) is 5.82 Å². The van der Waals surface area contributed by atoms with Crippen LogP contribution in [0.4, 0.5) is 4.39 Å². The van der Waals surface area contributed by atoms with Gasteiger partial charge >= 0.3 is 0 Å². The van der Waals surface area contributed by atoms with Crippen LogP contribution in [-0.2, 0) is 21.2 Å². The molecule has 3 aromatic rings. The Balaban J connectivity index is 1.30. The van der Waals surface area contributed by atoms with E-state index in [0.717, 1.165) is 11.6 Å². The molecule has 1 fully saturated rings. The zero-order valence-electron chi connectivity index (χ0n) is 16.8. The van der Waals surface area contributed by atoms with Gasteiger partial charge in [-0.3, -0.25) is 4.79 Å². The lowest BCUT2D eigenvalue weighted by Gasteiger charge is -2.34. The van der Waals surface area contributed by atoms with Crippen molar-refractivity contribution in [3.8, 4) is 11.3 Å². The fraction of sp³-hybridized carbons (Fsp3) is 0.273. The molecule has 0 spiro atoms. The van der Waals surface area contributed by atoms with Crippen molar-refractivity contribution >= 4 is 15.9 Å². The Morgan fingerprint density at radius 2 is 1.77 bits per heavy atom. The third-order valence-corrected chi connectivity index (χ3v) is 7.08. The van der Waals surface area contributed by atoms with Crippen molar-refractivity contribution in [1.82, 2.24) is 14.2 Å². The maximum absolute atomic E-state index is 13.4. The number of carbonyl (C=O) groups is 1. The van der Waals surface area contributed by atoms with Crippen molar-refractivity contribution in [3.63, 3.8) is 0 Å². The second-order valence-electron chi connectivity index (χ2n) is 7.23. The van der Waals surface area contributed by atoms with E-state index in [0.29, 0.717) is 18.1 Å². The van der Waals surface area contributed by atoms with Crippen LogP contribution < -0.4 is 0 Å². The second kappa shape index (κ2) is 8.99. The van der Waals surface area contributed by atoms with Crippen LogP contribution in [0.15, 0.2) is 70.1 Å². The Kier molecular flexibility index (Phi) is 6.15. The highest BCUT2D eigenvalue weighted by molar-refractivity contribution is 7.89. The molecule has 2 heterocycles. The summed E-state index contributed by atoms with van der Waals surface area (Å²) in [6.07, 6.45) is 2.24. The number of hydrogen-bond acceptors (Lipinski definition) is 5. The van der Waals surface area contributed by atoms with Crippen LogP contribution in [0.25, 0.3) is 11.3 Å². The molecule has 1 saturated heterocycles. The molecule has 0 unspecified atom stereocenters. The molecule has 162 valence electrons. The number of aryl methyl sites for hydroxylation is 1. The standard InChI is InChI=1S/C22H22FN3O4S/c23-18-7-4-8-19(15-18)31(28,29)26-13-11-25(12-14-26)22(27)10-9-21-24-16-20(30-21)17-5-2-1-3-6-17/h1-8,15-16H,9-14H2. The van der Waals surface area contributed by atoms with Gasteiger partial charge in [0, 0.05) is 44.6 Å². The molecule has 0 saturated carbocycles. The molecule has 4 rings (SSSR count). The lowest BCUT2D eigenvalue weighted by Crippen LogP contribution is -2.50. The SMILES string of the molecule is O=C(CCc1ncc(-c2ccccc2)o1)N1CCN(S(=O)(=O)c2cccc(F)c2)CC1. The van der Waals surface area contributed by atoms with Crippen molar-refractivity contribution < 1.29 is 22.0 Å². The molecule has 0 atom stereocenters. The summed E-state index contributed by atoms with van der Waals surface area (Å²) in [4.78, 5) is 18.4. The fourth-order valence-electron chi connectivity index (χ4n) is 3.49. The molecule has 1 aliphatic rings. The van der Waals surface area contributed by atoms with Crippen molar-refractivity contribution in [2.45, 2.75) is 17.7 Å². The van der Waals surface area contributed by atoms with E-state index in [-0.39, 0.29) is 43.4 Å². The Labute approximate surface area is 180 Å². The summed E-state index contributed by atoms with van der Waals surface area (Å²) in [6, 6.07) is 14.5. The number of halogens is 1. The number of benzene rings is 2. The van der Waals surface area contributed by atoms with E-state index in [2.05, 4.69) is 4.98 Å². The van der Waals surface area contributed by atoms with Crippen LogP contribution in [0.3, 0.4) is 0 Å². The zero-order chi connectivity index (χ0) is 21.8. The van der Waals surface area contributed by atoms with Gasteiger partial charge in [-0.2, -0.15) is 4.31 Å². The maximum atomic E-state index is 13.4. The first-order chi connectivity index (χ1) is 14.9. The predicted octanol–water partition coefficient (Wildman–Crippen LogP) is 2.95. The van der Waals surface area contributed by atoms with E-state index in [4.69, 9.17) is 4.42 Å². The minimum Gasteiger partial charge on any atom is -0.441 e. The number of amides is 1. The molecule has 0 bridgehead atoms. The van der Waals surface area contributed by atoms with Gasteiger partial charge in [-0.15, -0.1) is 0 Å². The van der Waals surface area contributed by atoms with Crippen LogP contribution >= 0.6 is 0 Å². The Hall–Kier alpha value is -3.04. The van der Waals surface area contributed by atoms with Gasteiger partial charge < -0.3 is 9.32 Å². The molecule has 31 heavy (non-hydrogen) atoms. The summed E-state index contributed by atoms with van der Waals surface area (Å²) >= 11 is 0. The van der Waals surface area contributed by atoms with Crippen LogP contribution in [0.5, 0.6) is 0 Å². The van der Waals surface area contributed by atoms with Gasteiger partial charge in [-0.1, -0.05) is 36.4 Å². The summed E-state index contributed by atoms with van der Waals surface area (Å²) < 4.78 is 45.8. The van der Waals surface area contributed by atoms with Crippen LogP contribution in [-0.4, -0.2) is 54.7 Å². The number of nitrogens with zero attached hydrogens (tertiary/aromatic N) is 3. The molecule has 0 N–H and O–H groups in total. The van der Waals surface area contributed by atoms with E-state index in [1.54, 1.807) is 11.1 Å². The monoisotopic (exact) mass is 443 g/mol. The zero-order valence-corrected chi connectivity index (χ0v) is 17.6. The van der Waals surface area contributed by atoms with Gasteiger partial charge in [0.25, 0.3) is 0 Å². The normalized spacial score (nSPS) is 15.2. The Morgan fingerprint density at radius 1 is 1.03 bits per heavy atom. The molecular formula is C22H22FN3O4S. The van der Waals surface area contributed by atoms with Crippen molar-refractivity contribution in [2.24, 2.45) is 0 Å². The molecule has 0 aliphatic carbocycles. The largest absolute Gasteiger partial charge is 0.441 e. The van der Waals surface area contributed by atoms with Gasteiger partial charge in [-0.05, 0) is 18.2 Å². The maximum Gasteiger partial charge on any atom is 0.243 e. The van der Waals surface area contributed by atoms with Crippen molar-refractivity contribution in [1.29, 1.82) is 0 Å². The molecular weight excluding hydrogens is 421 g/mol. The minimum atomic E-state index is -3.78. The predicted molar refractivity (Wildman–Crippen MR) is 112 cm³/mol. The summed E-state index contributed by atoms with van der Waals surface area (Å²) in [6.45, 7) is 0.909. The van der Waals surface area contributed by atoms with Crippen LogP contribution in [0.2, 0.25) is 0 Å². The number of piperazine rings is 1. The third kappa shape index (κ3) is 4.83. The highest BCUT2D eigenvalue weighted by atomic mass is 32.2. The van der Waals surface area contributed by atoms with Crippen LogP contribution in [0, 0.1) is 5.82 Å². The average Bonchev–Trinajstić information content (AvgIpc) is 3.27. The number of carbonyl (C=O) groups excluding carboxylic acids is 1. The molecule has 9 heteroatoms. The highest BCUT2D eigenvalue weighted by Crippen LogP contribution is 2.21. The highest BCUT2D eigenvalue weighted by Gasteiger charge is 2.30. The van der Waals surface area contributed by atoms with E-state index in [1.165, 1.54) is 22.5 Å². The lowest BCUT2D eigenvalue weighted by atomic mass is 10.2. The van der Waals surface area contributed by atoms with Crippen molar-refractivity contribution in [3.05, 3.63) is 72.5 Å². The summed E-state index contributed by atoms with van der Waals surface area (Å²) in [5.41, 5.74) is 0.920. The third-order valence-electron chi connectivity index (χ3n) is 5.19. The quantitative estimate of drug-likeness (QED) is 0.585. The fourth-order valence-corrected chi connectivity index (χ4v) is 4.94. The lowest BCUT2D eigenvalue weighted by molar-refractivity contribution is -0.132. The number of oxazole rings is 1. The number of rotatable bonds is 6. The van der Waals surface area contributed by atoms with Crippen molar-refractivity contribution in [2.75, 3.05) is 26.2 Å². The summed E-state index contributed by atoms with van der Waals surface area (Å²) in [5, 5.41) is 0. The Morgan fingerprint density at radius 3 is 2.48 bits per heavy atom. The molecule has 2 aromatic carbocycles. The van der Waals surface area contributed by atoms with E-state index in [9.17, 15) is 17.6 Å². The molecule has 1 aliphatic heterocycles. The molecule has 1 amide bonds. The van der Waals surface area contributed by atoms with Gasteiger partial charge in [0.15, 0.2) is 11.7 Å². The minimum absolute atomic E-state index is 0.0783. The first kappa shape index (κ1) is 21.2. The number of aromatic nitrogens is 1. The molecule has 7 nitrogen and oxygen atoms in total. The molecule has 0 radical (unpaired) electrons. The average molecular weight is 444 g/mol. The van der Waals surface area contributed by atoms with E-state index >= 15 is 0 Å². The summed E-state index contributed by atoms with van der Waals surface area (Å²) in [7, 11) is -3.78. The smallest absolute Gasteiger partial charge is 0.243 e. The first-order valence-corrected chi connectivity index (χ1v) is 11.4. The van der Waals surface area contributed by atoms with E-state index in [1.807, 2.05) is 30.3 Å². The van der Waals surface area contributed by atoms with E-state index < -0.39 is 15.8 Å².